The highest BCUT2D eigenvalue weighted by molar-refractivity contribution is 7.89. The zero-order chi connectivity index (χ0) is 20.1. The van der Waals surface area contributed by atoms with E-state index < -0.39 is 33.8 Å². The fraction of sp³-hybridized carbons (Fsp3) is 0.350. The van der Waals surface area contributed by atoms with E-state index in [0.29, 0.717) is 19.3 Å². The van der Waals surface area contributed by atoms with Gasteiger partial charge in [-0.2, -0.15) is 4.31 Å². The smallest absolute Gasteiger partial charge is 0.243 e. The number of halogens is 1. The lowest BCUT2D eigenvalue weighted by molar-refractivity contribution is -0.125. The first-order valence-electron chi connectivity index (χ1n) is 9.14. The highest BCUT2D eigenvalue weighted by Gasteiger charge is 2.39. The zero-order valence-corrected chi connectivity index (χ0v) is 16.1. The Morgan fingerprint density at radius 2 is 1.86 bits per heavy atom. The van der Waals surface area contributed by atoms with Gasteiger partial charge in [0.15, 0.2) is 0 Å². The summed E-state index contributed by atoms with van der Waals surface area (Å²) in [7, 11) is -3.91. The molecule has 3 rings (SSSR count). The number of aliphatic hydroxyl groups excluding tert-OH is 1. The minimum atomic E-state index is -3.91. The molecule has 8 heteroatoms. The molecule has 0 aromatic heterocycles. The third kappa shape index (κ3) is 4.57. The Balaban J connectivity index is 1.72. The van der Waals surface area contributed by atoms with Gasteiger partial charge in [-0.1, -0.05) is 30.3 Å². The first-order chi connectivity index (χ1) is 13.4. The number of carbonyl (C=O) groups is 1. The van der Waals surface area contributed by atoms with Crippen LogP contribution in [0, 0.1) is 5.82 Å². The largest absolute Gasteiger partial charge is 0.394 e. The van der Waals surface area contributed by atoms with E-state index in [0.717, 1.165) is 22.0 Å². The van der Waals surface area contributed by atoms with Crippen LogP contribution in [0.5, 0.6) is 0 Å². The van der Waals surface area contributed by atoms with Gasteiger partial charge < -0.3 is 10.4 Å². The molecule has 0 spiro atoms. The molecule has 0 unspecified atom stereocenters. The van der Waals surface area contributed by atoms with E-state index in [9.17, 15) is 22.7 Å². The lowest BCUT2D eigenvalue weighted by Crippen LogP contribution is -2.50. The van der Waals surface area contributed by atoms with Crippen molar-refractivity contribution in [1.82, 2.24) is 9.62 Å². The third-order valence-electron chi connectivity index (χ3n) is 4.82. The molecule has 0 bridgehead atoms. The van der Waals surface area contributed by atoms with Gasteiger partial charge in [-0.05, 0) is 49.1 Å². The van der Waals surface area contributed by atoms with Crippen LogP contribution in [0.3, 0.4) is 0 Å². The normalized spacial score (nSPS) is 18.7. The summed E-state index contributed by atoms with van der Waals surface area (Å²) in [6, 6.07) is 12.6. The van der Waals surface area contributed by atoms with Crippen LogP contribution in [0.25, 0.3) is 0 Å². The number of hydrogen-bond acceptors (Lipinski definition) is 4. The number of nitrogens with one attached hydrogen (secondary N) is 1. The van der Waals surface area contributed by atoms with E-state index in [1.165, 1.54) is 12.1 Å². The van der Waals surface area contributed by atoms with Crippen LogP contribution in [0.1, 0.15) is 18.4 Å². The molecule has 6 nitrogen and oxygen atoms in total. The lowest BCUT2D eigenvalue weighted by Gasteiger charge is -2.25. The summed E-state index contributed by atoms with van der Waals surface area (Å²) in [6.07, 6.45) is 1.40. The average Bonchev–Trinajstić information content (AvgIpc) is 3.19. The number of carbonyl (C=O) groups excluding carboxylic acids is 1. The van der Waals surface area contributed by atoms with Crippen molar-refractivity contribution in [2.24, 2.45) is 0 Å². The fourth-order valence-corrected chi connectivity index (χ4v) is 5.05. The van der Waals surface area contributed by atoms with E-state index in [1.807, 2.05) is 30.3 Å². The second kappa shape index (κ2) is 8.81. The van der Waals surface area contributed by atoms with Crippen molar-refractivity contribution in [3.63, 3.8) is 0 Å². The summed E-state index contributed by atoms with van der Waals surface area (Å²) in [5.74, 6) is -0.959. The Morgan fingerprint density at radius 3 is 2.50 bits per heavy atom. The van der Waals surface area contributed by atoms with Crippen LogP contribution in [-0.2, 0) is 21.2 Å². The molecule has 0 radical (unpaired) electrons. The Morgan fingerprint density at radius 1 is 1.18 bits per heavy atom. The molecule has 1 aliphatic rings. The molecule has 2 aromatic carbocycles. The minimum absolute atomic E-state index is 0.0448. The van der Waals surface area contributed by atoms with Gasteiger partial charge in [0.2, 0.25) is 15.9 Å². The van der Waals surface area contributed by atoms with Crippen molar-refractivity contribution in [3.05, 3.63) is 66.0 Å². The van der Waals surface area contributed by atoms with E-state index in [4.69, 9.17) is 0 Å². The van der Waals surface area contributed by atoms with Crippen LogP contribution in [0.2, 0.25) is 0 Å². The number of rotatable bonds is 7. The second-order valence-corrected chi connectivity index (χ2v) is 8.70. The summed E-state index contributed by atoms with van der Waals surface area (Å²) in [5, 5.41) is 12.4. The maximum absolute atomic E-state index is 13.1. The first-order valence-corrected chi connectivity index (χ1v) is 10.6. The summed E-state index contributed by atoms with van der Waals surface area (Å²) >= 11 is 0. The molecule has 1 amide bonds. The standard InChI is InChI=1S/C20H23FN2O4S/c21-16-8-10-18(11-9-16)28(26,27)23-12-4-7-19(23)20(25)22-17(14-24)13-15-5-2-1-3-6-15/h1-3,5-6,8-11,17,19,24H,4,7,12-14H2,(H,22,25)/t17-,19+/m0/s1. The van der Waals surface area contributed by atoms with Gasteiger partial charge in [0.05, 0.1) is 17.5 Å². The van der Waals surface area contributed by atoms with Crippen molar-refractivity contribution in [2.75, 3.05) is 13.2 Å². The number of hydrogen-bond donors (Lipinski definition) is 2. The third-order valence-corrected chi connectivity index (χ3v) is 6.74. The number of aliphatic hydroxyl groups is 1. The second-order valence-electron chi connectivity index (χ2n) is 6.81. The Bertz CT molecular complexity index is 904. The molecule has 1 saturated heterocycles. The maximum atomic E-state index is 13.1. The van der Waals surface area contributed by atoms with E-state index in [1.54, 1.807) is 0 Å². The Hall–Kier alpha value is -2.29. The topological polar surface area (TPSA) is 86.7 Å². The van der Waals surface area contributed by atoms with E-state index >= 15 is 0 Å². The predicted molar refractivity (Wildman–Crippen MR) is 102 cm³/mol. The Kier molecular flexibility index (Phi) is 6.43. The van der Waals surface area contributed by atoms with E-state index in [2.05, 4.69) is 5.32 Å². The van der Waals surface area contributed by atoms with Gasteiger partial charge in [0.25, 0.3) is 0 Å². The molecule has 28 heavy (non-hydrogen) atoms. The van der Waals surface area contributed by atoms with Gasteiger partial charge in [-0.3, -0.25) is 4.79 Å². The monoisotopic (exact) mass is 406 g/mol. The van der Waals surface area contributed by atoms with Crippen molar-refractivity contribution in [3.8, 4) is 0 Å². The van der Waals surface area contributed by atoms with Crippen LogP contribution in [-0.4, -0.2) is 49.0 Å². The number of benzene rings is 2. The van der Waals surface area contributed by atoms with Crippen molar-refractivity contribution in [2.45, 2.75) is 36.2 Å². The number of nitrogens with zero attached hydrogens (tertiary/aromatic N) is 1. The Labute approximate surface area is 164 Å². The van der Waals surface area contributed by atoms with Crippen molar-refractivity contribution in [1.29, 1.82) is 0 Å². The van der Waals surface area contributed by atoms with Crippen LogP contribution < -0.4 is 5.32 Å². The van der Waals surface area contributed by atoms with Crippen LogP contribution in [0.15, 0.2) is 59.5 Å². The predicted octanol–water partition coefficient (Wildman–Crippen LogP) is 1.70. The van der Waals surface area contributed by atoms with Crippen molar-refractivity contribution < 1.29 is 22.7 Å². The maximum Gasteiger partial charge on any atom is 0.243 e. The summed E-state index contributed by atoms with van der Waals surface area (Å²) < 4.78 is 40.0. The molecule has 1 aliphatic heterocycles. The highest BCUT2D eigenvalue weighted by Crippen LogP contribution is 2.26. The molecule has 150 valence electrons. The molecule has 1 heterocycles. The lowest BCUT2D eigenvalue weighted by atomic mass is 10.1. The van der Waals surface area contributed by atoms with Gasteiger partial charge in [-0.15, -0.1) is 0 Å². The van der Waals surface area contributed by atoms with Gasteiger partial charge in [0, 0.05) is 6.54 Å². The summed E-state index contributed by atoms with van der Waals surface area (Å²) in [5.41, 5.74) is 0.962. The quantitative estimate of drug-likeness (QED) is 0.733. The molecular formula is C20H23FN2O4S. The molecule has 2 aromatic rings. The average molecular weight is 406 g/mol. The zero-order valence-electron chi connectivity index (χ0n) is 15.3. The highest BCUT2D eigenvalue weighted by atomic mass is 32.2. The van der Waals surface area contributed by atoms with Crippen LogP contribution >= 0.6 is 0 Å². The molecule has 2 atom stereocenters. The van der Waals surface area contributed by atoms with Crippen molar-refractivity contribution >= 4 is 15.9 Å². The summed E-state index contributed by atoms with van der Waals surface area (Å²) in [6.45, 7) is -0.0294. The fourth-order valence-electron chi connectivity index (χ4n) is 3.39. The van der Waals surface area contributed by atoms with Crippen LogP contribution in [0.4, 0.5) is 4.39 Å². The molecular weight excluding hydrogens is 383 g/mol. The number of amides is 1. The molecule has 1 fully saturated rings. The van der Waals surface area contributed by atoms with Gasteiger partial charge >= 0.3 is 0 Å². The molecule has 0 saturated carbocycles. The van der Waals surface area contributed by atoms with Gasteiger partial charge in [-0.25, -0.2) is 12.8 Å². The molecule has 0 aliphatic carbocycles. The molecule has 2 N–H and O–H groups in total. The first kappa shape index (κ1) is 20.4. The summed E-state index contributed by atoms with van der Waals surface area (Å²) in [4.78, 5) is 12.7. The number of sulfonamides is 1. The van der Waals surface area contributed by atoms with E-state index in [-0.39, 0.29) is 18.0 Å². The minimum Gasteiger partial charge on any atom is -0.394 e. The SMILES string of the molecule is O=C(N[C@H](CO)Cc1ccccc1)[C@H]1CCCN1S(=O)(=O)c1ccc(F)cc1. The van der Waals surface area contributed by atoms with Gasteiger partial charge in [0.1, 0.15) is 11.9 Å².